The van der Waals surface area contributed by atoms with Gasteiger partial charge in [-0.2, -0.15) is 4.57 Å². The van der Waals surface area contributed by atoms with E-state index < -0.39 is 44.9 Å². The number of hydrogen-bond acceptors (Lipinski definition) is 8. The van der Waals surface area contributed by atoms with Gasteiger partial charge in [-0.05, 0) is 25.7 Å². The van der Waals surface area contributed by atoms with Gasteiger partial charge in [0.15, 0.2) is 18.5 Å². The molecular weight excluding hydrogens is 419 g/mol. The molecule has 1 aliphatic rings. The molecule has 0 aliphatic carbocycles. The standard InChI is InChI=1S/C11H14NO9P.C6H15N.CH4/c13-8-7(5-20-22(17,18)19)21-10(9(8)14)12-3-1-2-6(4-12)11(15)16;1-4-7(5-2)6-3;/h1-4,7-10,13-14H,5H2,(H2-,15,16,17,18,19);4-6H2,1-3H3;1H4/t7-,8-,9-,10-;;/m1../s1. The van der Waals surface area contributed by atoms with Crippen molar-refractivity contribution >= 4 is 13.8 Å². The molecule has 0 unspecified atom stereocenters. The number of aliphatic hydroxyl groups is 2. The number of aromatic nitrogens is 1. The zero-order chi connectivity index (χ0) is 22.2. The summed E-state index contributed by atoms with van der Waals surface area (Å²) < 4.78 is 21.4. The summed E-state index contributed by atoms with van der Waals surface area (Å²) in [7, 11) is -4.74. The zero-order valence-corrected chi connectivity index (χ0v) is 17.5. The second-order valence-electron chi connectivity index (χ2n) is 6.28. The van der Waals surface area contributed by atoms with E-state index in [1.54, 1.807) is 0 Å². The first-order chi connectivity index (χ1) is 13.5. The van der Waals surface area contributed by atoms with E-state index in [2.05, 4.69) is 30.2 Å². The summed E-state index contributed by atoms with van der Waals surface area (Å²) in [5.41, 5.74) is -0.164. The summed E-state index contributed by atoms with van der Waals surface area (Å²) in [6.07, 6.45) is -2.68. The molecule has 11 nitrogen and oxygen atoms in total. The van der Waals surface area contributed by atoms with E-state index in [1.807, 2.05) is 0 Å². The molecule has 12 heteroatoms. The lowest BCUT2D eigenvalue weighted by atomic mass is 10.1. The molecule has 0 spiro atoms. The summed E-state index contributed by atoms with van der Waals surface area (Å²) in [4.78, 5) is 30.4. The number of rotatable bonds is 8. The average molecular weight is 452 g/mol. The van der Waals surface area contributed by atoms with E-state index in [4.69, 9.17) is 14.5 Å². The smallest absolute Gasteiger partial charge is 0.469 e. The van der Waals surface area contributed by atoms with E-state index in [9.17, 15) is 24.7 Å². The number of phosphoric ester groups is 1. The lowest BCUT2D eigenvalue weighted by molar-refractivity contribution is -0.765. The average Bonchev–Trinajstić information content (AvgIpc) is 2.96. The Balaban J connectivity index is 0.000000909. The Labute approximate surface area is 176 Å². The lowest BCUT2D eigenvalue weighted by Crippen LogP contribution is -2.46. The third-order valence-electron chi connectivity index (χ3n) is 4.44. The molecule has 1 fully saturated rings. The molecule has 0 bridgehead atoms. The van der Waals surface area contributed by atoms with Crippen LogP contribution in [-0.2, 0) is 13.8 Å². The number of aromatic carboxylic acids is 1. The van der Waals surface area contributed by atoms with Gasteiger partial charge in [0.05, 0.1) is 18.1 Å². The van der Waals surface area contributed by atoms with Crippen LogP contribution in [0.1, 0.15) is 44.8 Å². The van der Waals surface area contributed by atoms with Crippen LogP contribution in [0, 0.1) is 0 Å². The van der Waals surface area contributed by atoms with E-state index in [0.717, 1.165) is 6.20 Å². The first kappa shape index (κ1) is 28.6. The van der Waals surface area contributed by atoms with E-state index in [1.165, 1.54) is 42.5 Å². The molecule has 2 heterocycles. The van der Waals surface area contributed by atoms with Gasteiger partial charge in [-0.3, -0.25) is 4.52 Å². The largest absolute Gasteiger partial charge is 0.545 e. The first-order valence-corrected chi connectivity index (χ1v) is 10.7. The minimum atomic E-state index is -4.74. The predicted molar refractivity (Wildman–Crippen MR) is 105 cm³/mol. The van der Waals surface area contributed by atoms with Crippen molar-refractivity contribution in [3.8, 4) is 0 Å². The van der Waals surface area contributed by atoms with Gasteiger partial charge in [-0.25, -0.2) is 4.57 Å². The summed E-state index contributed by atoms with van der Waals surface area (Å²) >= 11 is 0. The SMILES string of the molecule is C.CCN(CC)CC.O=C([O-])c1ccc[n+]([C@@H]2O[C@H](COP(=O)(O)O)[C@@H](O)[C@H]2O)c1. The van der Waals surface area contributed by atoms with Crippen LogP contribution in [0.3, 0.4) is 0 Å². The van der Waals surface area contributed by atoms with Gasteiger partial charge in [0.2, 0.25) is 0 Å². The number of carboxylic acid groups (broad SMARTS) is 1. The maximum atomic E-state index is 10.8. The van der Waals surface area contributed by atoms with Gasteiger partial charge in [0.25, 0.3) is 6.23 Å². The summed E-state index contributed by atoms with van der Waals surface area (Å²) in [5, 5.41) is 30.6. The normalized spacial score (nSPS) is 23.5. The van der Waals surface area contributed by atoms with Gasteiger partial charge in [-0.15, -0.1) is 0 Å². The number of hydrogen-bond donors (Lipinski definition) is 4. The number of aliphatic hydroxyl groups excluding tert-OH is 2. The Morgan fingerprint density at radius 1 is 1.23 bits per heavy atom. The highest BCUT2D eigenvalue weighted by Crippen LogP contribution is 2.37. The number of carbonyl (C=O) groups excluding carboxylic acids is 1. The van der Waals surface area contributed by atoms with Gasteiger partial charge >= 0.3 is 7.82 Å². The molecule has 1 aromatic heterocycles. The lowest BCUT2D eigenvalue weighted by Gasteiger charge is -2.13. The van der Waals surface area contributed by atoms with Gasteiger partial charge < -0.3 is 39.5 Å². The third-order valence-corrected chi connectivity index (χ3v) is 4.92. The minimum absolute atomic E-state index is 0. The first-order valence-electron chi connectivity index (χ1n) is 9.20. The van der Waals surface area contributed by atoms with Crippen molar-refractivity contribution in [1.82, 2.24) is 4.90 Å². The Kier molecular flexibility index (Phi) is 12.5. The van der Waals surface area contributed by atoms with Crippen molar-refractivity contribution in [2.75, 3.05) is 26.2 Å². The van der Waals surface area contributed by atoms with Gasteiger partial charge in [-0.1, -0.05) is 28.2 Å². The topological polar surface area (TPSA) is 164 Å². The summed E-state index contributed by atoms with van der Waals surface area (Å²) in [6.45, 7) is 9.49. The van der Waals surface area contributed by atoms with Crippen LogP contribution in [0.2, 0.25) is 0 Å². The van der Waals surface area contributed by atoms with Crippen LogP contribution >= 0.6 is 7.82 Å². The van der Waals surface area contributed by atoms with Crippen LogP contribution in [0.15, 0.2) is 24.5 Å². The van der Waals surface area contributed by atoms with Crippen molar-refractivity contribution in [3.63, 3.8) is 0 Å². The van der Waals surface area contributed by atoms with Crippen molar-refractivity contribution in [3.05, 3.63) is 30.1 Å². The Bertz CT molecular complexity index is 690. The van der Waals surface area contributed by atoms with Crippen molar-refractivity contribution in [1.29, 1.82) is 0 Å². The number of pyridine rings is 1. The Morgan fingerprint density at radius 2 is 1.80 bits per heavy atom. The molecule has 0 radical (unpaired) electrons. The summed E-state index contributed by atoms with van der Waals surface area (Å²) in [5.74, 6) is -1.43. The number of phosphoric acid groups is 1. The molecule has 2 rings (SSSR count). The number of nitrogens with zero attached hydrogens (tertiary/aromatic N) is 2. The minimum Gasteiger partial charge on any atom is -0.545 e. The molecule has 1 aromatic rings. The molecule has 1 saturated heterocycles. The maximum absolute atomic E-state index is 10.8. The molecule has 0 amide bonds. The summed E-state index contributed by atoms with van der Waals surface area (Å²) in [6, 6.07) is 2.66. The fraction of sp³-hybridized carbons (Fsp3) is 0.667. The van der Waals surface area contributed by atoms with E-state index >= 15 is 0 Å². The Hall–Kier alpha value is -1.43. The van der Waals surface area contributed by atoms with Gasteiger partial charge in [0.1, 0.15) is 12.2 Å². The predicted octanol–water partition coefficient (Wildman–Crippen LogP) is -0.950. The highest BCUT2D eigenvalue weighted by atomic mass is 31.2. The van der Waals surface area contributed by atoms with E-state index in [-0.39, 0.29) is 13.0 Å². The highest BCUT2D eigenvalue weighted by Gasteiger charge is 2.48. The van der Waals surface area contributed by atoms with Crippen LogP contribution in [-0.4, -0.2) is 75.4 Å². The van der Waals surface area contributed by atoms with Crippen molar-refractivity contribution < 1.29 is 48.3 Å². The highest BCUT2D eigenvalue weighted by molar-refractivity contribution is 7.46. The Morgan fingerprint density at radius 3 is 2.23 bits per heavy atom. The van der Waals surface area contributed by atoms with Crippen molar-refractivity contribution in [2.45, 2.75) is 52.7 Å². The number of carbonyl (C=O) groups is 1. The fourth-order valence-corrected chi connectivity index (χ4v) is 3.07. The van der Waals surface area contributed by atoms with Crippen LogP contribution in [0.25, 0.3) is 0 Å². The van der Waals surface area contributed by atoms with Crippen LogP contribution < -0.4 is 9.67 Å². The zero-order valence-electron chi connectivity index (χ0n) is 16.6. The second kappa shape index (κ2) is 13.1. The molecule has 1 aliphatic heterocycles. The monoisotopic (exact) mass is 452 g/mol. The quantitative estimate of drug-likeness (QED) is 0.286. The molecule has 174 valence electrons. The fourth-order valence-electron chi connectivity index (χ4n) is 2.73. The molecular formula is C18H33N2O9P. The number of ether oxygens (including phenoxy) is 1. The van der Waals surface area contributed by atoms with Gasteiger partial charge in [0, 0.05) is 6.07 Å². The number of carboxylic acids is 1. The molecule has 4 N–H and O–H groups in total. The molecule has 4 atom stereocenters. The second-order valence-corrected chi connectivity index (χ2v) is 7.52. The van der Waals surface area contributed by atoms with E-state index in [0.29, 0.717) is 0 Å². The van der Waals surface area contributed by atoms with Crippen LogP contribution in [0.5, 0.6) is 0 Å². The third kappa shape index (κ3) is 8.75. The molecule has 0 saturated carbocycles. The maximum Gasteiger partial charge on any atom is 0.469 e. The molecule has 0 aromatic carbocycles. The van der Waals surface area contributed by atoms with Crippen molar-refractivity contribution in [2.24, 2.45) is 0 Å². The van der Waals surface area contributed by atoms with Crippen LogP contribution in [0.4, 0.5) is 0 Å². The molecule has 30 heavy (non-hydrogen) atoms.